The molecule has 0 unspecified atom stereocenters. The molecule has 0 amide bonds. The maximum atomic E-state index is 4.78. The highest BCUT2D eigenvalue weighted by molar-refractivity contribution is 5.14. The first-order chi connectivity index (χ1) is 5.43. The summed E-state index contributed by atoms with van der Waals surface area (Å²) in [5.41, 5.74) is 3.85. The lowest BCUT2D eigenvalue weighted by molar-refractivity contribution is 0.0418. The van der Waals surface area contributed by atoms with E-state index in [9.17, 15) is 0 Å². The van der Waals surface area contributed by atoms with Crippen LogP contribution in [0.1, 0.15) is 5.56 Å². The van der Waals surface area contributed by atoms with Crippen molar-refractivity contribution in [2.24, 2.45) is 5.90 Å². The number of hydroxylamine groups is 1. The van der Waals surface area contributed by atoms with E-state index < -0.39 is 0 Å². The van der Waals surface area contributed by atoms with Crippen LogP contribution >= 0.6 is 0 Å². The SMILES string of the molecule is NONCCc1ccccc1. The monoisotopic (exact) mass is 152 g/mol. The maximum Gasteiger partial charge on any atom is 0.0269 e. The predicted octanol–water partition coefficient (Wildman–Crippen LogP) is 0.624. The van der Waals surface area contributed by atoms with Gasteiger partial charge in [0, 0.05) is 6.54 Å². The molecule has 1 aromatic rings. The van der Waals surface area contributed by atoms with E-state index in [1.54, 1.807) is 0 Å². The standard InChI is InChI=1S/C8H12N2O/c9-11-10-7-6-8-4-2-1-3-5-8/h1-5,10H,6-7,9H2. The van der Waals surface area contributed by atoms with E-state index in [1.807, 2.05) is 18.2 Å². The van der Waals surface area contributed by atoms with Crippen LogP contribution in [0.2, 0.25) is 0 Å². The van der Waals surface area contributed by atoms with Crippen molar-refractivity contribution < 1.29 is 4.94 Å². The fourth-order valence-corrected chi connectivity index (χ4v) is 0.899. The van der Waals surface area contributed by atoms with Gasteiger partial charge in [-0.3, -0.25) is 0 Å². The van der Waals surface area contributed by atoms with Crippen LogP contribution in [0.25, 0.3) is 0 Å². The Morgan fingerprint density at radius 1 is 1.27 bits per heavy atom. The molecule has 0 heterocycles. The summed E-state index contributed by atoms with van der Waals surface area (Å²) < 4.78 is 0. The summed E-state index contributed by atoms with van der Waals surface area (Å²) in [6.07, 6.45) is 0.929. The number of nitrogens with two attached hydrogens (primary N) is 1. The zero-order chi connectivity index (χ0) is 7.94. The number of rotatable bonds is 4. The quantitative estimate of drug-likeness (QED) is 0.491. The van der Waals surface area contributed by atoms with Crippen LogP contribution in [0.3, 0.4) is 0 Å². The Bertz CT molecular complexity index is 189. The third-order valence-electron chi connectivity index (χ3n) is 1.44. The first-order valence-corrected chi connectivity index (χ1v) is 3.56. The van der Waals surface area contributed by atoms with Gasteiger partial charge in [0.2, 0.25) is 0 Å². The van der Waals surface area contributed by atoms with E-state index in [0.29, 0.717) is 0 Å². The molecule has 1 rings (SSSR count). The highest BCUT2D eigenvalue weighted by Gasteiger charge is 1.88. The van der Waals surface area contributed by atoms with Crippen LogP contribution < -0.4 is 11.4 Å². The van der Waals surface area contributed by atoms with E-state index >= 15 is 0 Å². The molecule has 0 aromatic heterocycles. The van der Waals surface area contributed by atoms with Gasteiger partial charge in [-0.15, -0.1) is 0 Å². The second-order valence-corrected chi connectivity index (χ2v) is 2.25. The maximum absolute atomic E-state index is 4.78. The van der Waals surface area contributed by atoms with Crippen molar-refractivity contribution in [2.75, 3.05) is 6.54 Å². The largest absolute Gasteiger partial charge is 0.217 e. The second kappa shape index (κ2) is 4.85. The molecule has 0 atom stereocenters. The van der Waals surface area contributed by atoms with Gasteiger partial charge in [0.05, 0.1) is 0 Å². The van der Waals surface area contributed by atoms with Gasteiger partial charge in [-0.2, -0.15) is 11.4 Å². The minimum Gasteiger partial charge on any atom is -0.217 e. The number of benzene rings is 1. The Balaban J connectivity index is 2.28. The zero-order valence-electron chi connectivity index (χ0n) is 6.29. The molecule has 0 aliphatic rings. The second-order valence-electron chi connectivity index (χ2n) is 2.25. The van der Waals surface area contributed by atoms with Gasteiger partial charge in [0.15, 0.2) is 0 Å². The number of nitrogens with one attached hydrogen (secondary N) is 1. The summed E-state index contributed by atoms with van der Waals surface area (Å²) in [7, 11) is 0. The average molecular weight is 152 g/mol. The smallest absolute Gasteiger partial charge is 0.0269 e. The molecule has 0 aliphatic carbocycles. The van der Waals surface area contributed by atoms with Crippen LogP contribution in [0.5, 0.6) is 0 Å². The lowest BCUT2D eigenvalue weighted by Crippen LogP contribution is -2.21. The summed E-state index contributed by atoms with van der Waals surface area (Å²) in [6.45, 7) is 0.737. The van der Waals surface area contributed by atoms with E-state index in [1.165, 1.54) is 5.56 Å². The fourth-order valence-electron chi connectivity index (χ4n) is 0.899. The van der Waals surface area contributed by atoms with Crippen molar-refractivity contribution in [1.29, 1.82) is 0 Å². The molecule has 11 heavy (non-hydrogen) atoms. The Hall–Kier alpha value is -0.900. The third-order valence-corrected chi connectivity index (χ3v) is 1.44. The van der Waals surface area contributed by atoms with Gasteiger partial charge in [-0.05, 0) is 12.0 Å². The molecule has 60 valence electrons. The molecule has 3 N–H and O–H groups in total. The fraction of sp³-hybridized carbons (Fsp3) is 0.250. The lowest BCUT2D eigenvalue weighted by atomic mass is 10.2. The molecule has 1 aromatic carbocycles. The summed E-state index contributed by atoms with van der Waals surface area (Å²) in [4.78, 5) is 4.21. The third kappa shape index (κ3) is 3.13. The van der Waals surface area contributed by atoms with Gasteiger partial charge in [-0.25, -0.2) is 4.94 Å². The Morgan fingerprint density at radius 2 is 2.00 bits per heavy atom. The van der Waals surface area contributed by atoms with Crippen LogP contribution in [-0.2, 0) is 11.4 Å². The van der Waals surface area contributed by atoms with Gasteiger partial charge in [0.1, 0.15) is 0 Å². The number of hydrogen-bond acceptors (Lipinski definition) is 3. The Labute approximate surface area is 66.1 Å². The molecule has 0 saturated carbocycles. The molecule has 0 spiro atoms. The molecule has 0 aliphatic heterocycles. The highest BCUT2D eigenvalue weighted by Crippen LogP contribution is 1.97. The van der Waals surface area contributed by atoms with Gasteiger partial charge >= 0.3 is 0 Å². The molecule has 0 fully saturated rings. The van der Waals surface area contributed by atoms with Crippen molar-refractivity contribution in [1.82, 2.24) is 5.48 Å². The molecular formula is C8H12N2O. The van der Waals surface area contributed by atoms with E-state index in [4.69, 9.17) is 5.90 Å². The topological polar surface area (TPSA) is 47.3 Å². The first-order valence-electron chi connectivity index (χ1n) is 3.56. The zero-order valence-corrected chi connectivity index (χ0v) is 6.29. The minimum atomic E-state index is 0.737. The molecular weight excluding hydrogens is 140 g/mol. The van der Waals surface area contributed by atoms with E-state index in [0.717, 1.165) is 13.0 Å². The van der Waals surface area contributed by atoms with E-state index in [2.05, 4.69) is 22.6 Å². The van der Waals surface area contributed by atoms with Crippen molar-refractivity contribution in [3.63, 3.8) is 0 Å². The first kappa shape index (κ1) is 8.20. The summed E-state index contributed by atoms with van der Waals surface area (Å²) in [6, 6.07) is 10.2. The van der Waals surface area contributed by atoms with Crippen molar-refractivity contribution >= 4 is 0 Å². The van der Waals surface area contributed by atoms with Gasteiger partial charge < -0.3 is 0 Å². The summed E-state index contributed by atoms with van der Waals surface area (Å²) >= 11 is 0. The molecule has 3 nitrogen and oxygen atoms in total. The van der Waals surface area contributed by atoms with Gasteiger partial charge in [0.25, 0.3) is 0 Å². The molecule has 3 heteroatoms. The van der Waals surface area contributed by atoms with Crippen molar-refractivity contribution in [3.8, 4) is 0 Å². The van der Waals surface area contributed by atoms with Crippen LogP contribution in [0.4, 0.5) is 0 Å². The summed E-state index contributed by atoms with van der Waals surface area (Å²) in [5, 5.41) is 0. The van der Waals surface area contributed by atoms with Crippen LogP contribution in [-0.4, -0.2) is 6.54 Å². The van der Waals surface area contributed by atoms with E-state index in [-0.39, 0.29) is 0 Å². The lowest BCUT2D eigenvalue weighted by Gasteiger charge is -1.99. The summed E-state index contributed by atoms with van der Waals surface area (Å²) in [5.74, 6) is 4.78. The van der Waals surface area contributed by atoms with Crippen molar-refractivity contribution in [3.05, 3.63) is 35.9 Å². The normalized spacial score (nSPS) is 9.91. The highest BCUT2D eigenvalue weighted by atomic mass is 16.8. The average Bonchev–Trinajstić information content (AvgIpc) is 2.07. The van der Waals surface area contributed by atoms with Crippen LogP contribution in [0, 0.1) is 0 Å². The number of hydrogen-bond donors (Lipinski definition) is 2. The van der Waals surface area contributed by atoms with Gasteiger partial charge in [-0.1, -0.05) is 30.3 Å². The predicted molar refractivity (Wildman–Crippen MR) is 43.4 cm³/mol. The Morgan fingerprint density at radius 3 is 2.64 bits per heavy atom. The molecule has 0 radical (unpaired) electrons. The van der Waals surface area contributed by atoms with Crippen molar-refractivity contribution in [2.45, 2.75) is 6.42 Å². The molecule has 0 bridgehead atoms. The van der Waals surface area contributed by atoms with Crippen LogP contribution in [0.15, 0.2) is 30.3 Å². The molecule has 0 saturated heterocycles. The minimum absolute atomic E-state index is 0.737. The Kier molecular flexibility index (Phi) is 3.61.